The number of nitrogens with zero attached hydrogens (tertiary/aromatic N) is 2. The van der Waals surface area contributed by atoms with E-state index in [1.54, 1.807) is 38.1 Å². The molecule has 7 heteroatoms. The highest BCUT2D eigenvalue weighted by Gasteiger charge is 2.21. The Kier molecular flexibility index (Phi) is 5.84. The van der Waals surface area contributed by atoms with Gasteiger partial charge in [0, 0.05) is 5.56 Å². The van der Waals surface area contributed by atoms with Gasteiger partial charge in [0.05, 0.1) is 11.6 Å². The van der Waals surface area contributed by atoms with Crippen molar-refractivity contribution in [3.63, 3.8) is 0 Å². The average Bonchev–Trinajstić information content (AvgIpc) is 3.15. The first kappa shape index (κ1) is 19.3. The van der Waals surface area contributed by atoms with E-state index in [1.165, 1.54) is 0 Å². The van der Waals surface area contributed by atoms with Gasteiger partial charge in [-0.1, -0.05) is 42.5 Å². The fourth-order valence-corrected chi connectivity index (χ4v) is 2.69. The van der Waals surface area contributed by atoms with E-state index in [0.717, 1.165) is 5.56 Å². The van der Waals surface area contributed by atoms with Crippen LogP contribution in [0, 0.1) is 6.92 Å². The SMILES string of the molecule is Cc1nc(-c2cccc(C(=O)OC(C)C(=O)NC(C)c3ccccc3)c2)n[nH]1. The molecule has 0 aliphatic rings. The maximum atomic E-state index is 12.5. The lowest BCUT2D eigenvalue weighted by Gasteiger charge is -2.18. The minimum absolute atomic E-state index is 0.188. The predicted octanol–water partition coefficient (Wildman–Crippen LogP) is 3.20. The molecular formula is C21H22N4O3. The monoisotopic (exact) mass is 378 g/mol. The maximum absolute atomic E-state index is 12.5. The highest BCUT2D eigenvalue weighted by molar-refractivity contribution is 5.93. The second-order valence-corrected chi connectivity index (χ2v) is 6.51. The number of ether oxygens (including phenoxy) is 1. The summed E-state index contributed by atoms with van der Waals surface area (Å²) in [6.07, 6.45) is -0.923. The van der Waals surface area contributed by atoms with Crippen molar-refractivity contribution in [3.05, 3.63) is 71.5 Å². The highest BCUT2D eigenvalue weighted by atomic mass is 16.5. The Bertz CT molecular complexity index is 969. The Labute approximate surface area is 163 Å². The highest BCUT2D eigenvalue weighted by Crippen LogP contribution is 2.17. The average molecular weight is 378 g/mol. The molecule has 1 aromatic heterocycles. The second-order valence-electron chi connectivity index (χ2n) is 6.51. The van der Waals surface area contributed by atoms with Crippen LogP contribution in [0.5, 0.6) is 0 Å². The van der Waals surface area contributed by atoms with E-state index in [-0.39, 0.29) is 11.9 Å². The molecule has 2 aromatic carbocycles. The largest absolute Gasteiger partial charge is 0.449 e. The van der Waals surface area contributed by atoms with Gasteiger partial charge in [-0.05, 0) is 38.5 Å². The first-order valence-corrected chi connectivity index (χ1v) is 9.00. The summed E-state index contributed by atoms with van der Waals surface area (Å²) in [6, 6.07) is 16.2. The second kappa shape index (κ2) is 8.47. The molecule has 1 heterocycles. The number of amides is 1. The number of nitrogens with one attached hydrogen (secondary N) is 2. The van der Waals surface area contributed by atoms with Crippen LogP contribution < -0.4 is 5.32 Å². The number of hydrogen-bond donors (Lipinski definition) is 2. The third-order valence-electron chi connectivity index (χ3n) is 4.27. The molecule has 0 bridgehead atoms. The number of carbonyl (C=O) groups excluding carboxylic acids is 2. The molecule has 0 radical (unpaired) electrons. The molecular weight excluding hydrogens is 356 g/mol. The molecule has 0 aliphatic heterocycles. The van der Waals surface area contributed by atoms with Crippen LogP contribution in [0.2, 0.25) is 0 Å². The van der Waals surface area contributed by atoms with Crippen molar-refractivity contribution >= 4 is 11.9 Å². The van der Waals surface area contributed by atoms with E-state index in [1.807, 2.05) is 37.3 Å². The molecule has 1 amide bonds. The van der Waals surface area contributed by atoms with Crippen molar-refractivity contribution in [2.24, 2.45) is 0 Å². The summed E-state index contributed by atoms with van der Waals surface area (Å²) < 4.78 is 5.33. The standard InChI is InChI=1S/C21H22N4O3/c1-13(16-8-5-4-6-9-16)22-20(26)14(2)28-21(27)18-11-7-10-17(12-18)19-23-15(3)24-25-19/h4-14H,1-3H3,(H,22,26)(H,23,24,25). The number of carbonyl (C=O) groups is 2. The zero-order valence-corrected chi connectivity index (χ0v) is 16.0. The normalized spacial score (nSPS) is 12.8. The van der Waals surface area contributed by atoms with Crippen LogP contribution in [0.25, 0.3) is 11.4 Å². The van der Waals surface area contributed by atoms with Crippen LogP contribution >= 0.6 is 0 Å². The molecule has 7 nitrogen and oxygen atoms in total. The van der Waals surface area contributed by atoms with Crippen LogP contribution in [-0.2, 0) is 9.53 Å². The summed E-state index contributed by atoms with van der Waals surface area (Å²) in [5.74, 6) is 0.241. The Morgan fingerprint density at radius 3 is 2.50 bits per heavy atom. The van der Waals surface area contributed by atoms with Gasteiger partial charge in [-0.2, -0.15) is 5.10 Å². The molecule has 0 saturated carbocycles. The molecule has 3 aromatic rings. The molecule has 0 aliphatic carbocycles. The van der Waals surface area contributed by atoms with E-state index < -0.39 is 12.1 Å². The summed E-state index contributed by atoms with van der Waals surface area (Å²) in [7, 11) is 0. The summed E-state index contributed by atoms with van der Waals surface area (Å²) in [5.41, 5.74) is 1.99. The molecule has 0 saturated heterocycles. The number of H-pyrrole nitrogens is 1. The minimum atomic E-state index is -0.923. The van der Waals surface area contributed by atoms with E-state index in [4.69, 9.17) is 4.74 Å². The van der Waals surface area contributed by atoms with Crippen molar-refractivity contribution in [3.8, 4) is 11.4 Å². The van der Waals surface area contributed by atoms with E-state index in [9.17, 15) is 9.59 Å². The van der Waals surface area contributed by atoms with Crippen molar-refractivity contribution in [2.75, 3.05) is 0 Å². The van der Waals surface area contributed by atoms with Gasteiger partial charge in [0.2, 0.25) is 0 Å². The lowest BCUT2D eigenvalue weighted by Crippen LogP contribution is -2.37. The first-order chi connectivity index (χ1) is 13.4. The fourth-order valence-electron chi connectivity index (χ4n) is 2.69. The summed E-state index contributed by atoms with van der Waals surface area (Å²) in [6.45, 7) is 5.23. The molecule has 28 heavy (non-hydrogen) atoms. The summed E-state index contributed by atoms with van der Waals surface area (Å²) in [4.78, 5) is 29.1. The quantitative estimate of drug-likeness (QED) is 0.642. The van der Waals surface area contributed by atoms with Crippen molar-refractivity contribution < 1.29 is 14.3 Å². The lowest BCUT2D eigenvalue weighted by atomic mass is 10.1. The van der Waals surface area contributed by atoms with Crippen LogP contribution in [0.3, 0.4) is 0 Å². The lowest BCUT2D eigenvalue weighted by molar-refractivity contribution is -0.129. The molecule has 0 fully saturated rings. The summed E-state index contributed by atoms with van der Waals surface area (Å²) >= 11 is 0. The number of hydrogen-bond acceptors (Lipinski definition) is 5. The van der Waals surface area contributed by atoms with Crippen molar-refractivity contribution in [2.45, 2.75) is 32.9 Å². The third-order valence-corrected chi connectivity index (χ3v) is 4.27. The number of esters is 1. The van der Waals surface area contributed by atoms with Crippen molar-refractivity contribution in [1.29, 1.82) is 0 Å². The van der Waals surface area contributed by atoms with Crippen molar-refractivity contribution in [1.82, 2.24) is 20.5 Å². The zero-order valence-electron chi connectivity index (χ0n) is 16.0. The van der Waals surface area contributed by atoms with Gasteiger partial charge in [0.15, 0.2) is 11.9 Å². The van der Waals surface area contributed by atoms with Crippen LogP contribution in [0.4, 0.5) is 0 Å². The van der Waals surface area contributed by atoms with E-state index in [0.29, 0.717) is 22.8 Å². The Morgan fingerprint density at radius 2 is 1.82 bits per heavy atom. The van der Waals surface area contributed by atoms with Gasteiger partial charge in [0.1, 0.15) is 5.82 Å². The van der Waals surface area contributed by atoms with Crippen LogP contribution in [-0.4, -0.2) is 33.2 Å². The minimum Gasteiger partial charge on any atom is -0.449 e. The molecule has 2 atom stereocenters. The van der Waals surface area contributed by atoms with Gasteiger partial charge < -0.3 is 10.1 Å². The fraction of sp³-hybridized carbons (Fsp3) is 0.238. The molecule has 3 rings (SSSR count). The summed E-state index contributed by atoms with van der Waals surface area (Å²) in [5, 5.41) is 9.70. The van der Waals surface area contributed by atoms with Crippen LogP contribution in [0.1, 0.15) is 41.6 Å². The van der Waals surface area contributed by atoms with Gasteiger partial charge in [0.25, 0.3) is 5.91 Å². The molecule has 0 spiro atoms. The van der Waals surface area contributed by atoms with E-state index >= 15 is 0 Å². The molecule has 144 valence electrons. The Hall–Kier alpha value is -3.48. The maximum Gasteiger partial charge on any atom is 0.338 e. The van der Waals surface area contributed by atoms with Gasteiger partial charge >= 0.3 is 5.97 Å². The smallest absolute Gasteiger partial charge is 0.338 e. The van der Waals surface area contributed by atoms with Gasteiger partial charge in [-0.15, -0.1) is 0 Å². The number of aryl methyl sites for hydroxylation is 1. The number of aromatic amines is 1. The Balaban J connectivity index is 1.63. The van der Waals surface area contributed by atoms with Crippen LogP contribution in [0.15, 0.2) is 54.6 Å². The third kappa shape index (κ3) is 4.62. The van der Waals surface area contributed by atoms with Gasteiger partial charge in [-0.3, -0.25) is 9.89 Å². The number of aromatic nitrogens is 3. The molecule has 2 unspecified atom stereocenters. The molecule has 2 N–H and O–H groups in total. The van der Waals surface area contributed by atoms with Gasteiger partial charge in [-0.25, -0.2) is 9.78 Å². The number of benzene rings is 2. The first-order valence-electron chi connectivity index (χ1n) is 9.00. The van der Waals surface area contributed by atoms with E-state index in [2.05, 4.69) is 20.5 Å². The Morgan fingerprint density at radius 1 is 1.07 bits per heavy atom. The topological polar surface area (TPSA) is 97.0 Å². The zero-order chi connectivity index (χ0) is 20.1. The number of rotatable bonds is 6. The predicted molar refractivity (Wildman–Crippen MR) is 104 cm³/mol.